The number of amides is 1. The molecule has 4 nitrogen and oxygen atoms in total. The summed E-state index contributed by atoms with van der Waals surface area (Å²) in [7, 11) is 1.35. The van der Waals surface area contributed by atoms with Crippen LogP contribution in [-0.2, 0) is 9.53 Å². The molecule has 0 spiro atoms. The number of unbranched alkanes of at least 4 members (excludes halogenated alkanes) is 4. The van der Waals surface area contributed by atoms with Crippen molar-refractivity contribution in [2.45, 2.75) is 58.4 Å². The average Bonchev–Trinajstić information content (AvgIpc) is 2.55. The largest absolute Gasteiger partial charge is 0.467 e. The Hall–Kier alpha value is -2.10. The summed E-state index contributed by atoms with van der Waals surface area (Å²) >= 11 is 0. The molecule has 0 radical (unpaired) electrons. The highest BCUT2D eigenvalue weighted by molar-refractivity contribution is 5.97. The number of hydrogen-bond donors (Lipinski definition) is 1. The van der Waals surface area contributed by atoms with Crippen molar-refractivity contribution in [1.29, 1.82) is 0 Å². The van der Waals surface area contributed by atoms with Gasteiger partial charge >= 0.3 is 5.97 Å². The van der Waals surface area contributed by atoms with E-state index in [1.807, 2.05) is 38.1 Å². The summed E-state index contributed by atoms with van der Waals surface area (Å²) in [4.78, 5) is 24.4. The lowest BCUT2D eigenvalue weighted by Gasteiger charge is -2.17. The first-order valence-electron chi connectivity index (χ1n) is 8.55. The molecule has 24 heavy (non-hydrogen) atoms. The second-order valence-corrected chi connectivity index (χ2v) is 6.21. The van der Waals surface area contributed by atoms with Crippen molar-refractivity contribution in [1.82, 2.24) is 5.32 Å². The number of benzene rings is 1. The van der Waals surface area contributed by atoms with Gasteiger partial charge in [0.15, 0.2) is 0 Å². The maximum Gasteiger partial charge on any atom is 0.328 e. The molecule has 4 heteroatoms. The average molecular weight is 331 g/mol. The number of esters is 1. The Labute approximate surface area is 145 Å². The number of allylic oxidation sites excluding steroid dienone is 1. The van der Waals surface area contributed by atoms with E-state index in [9.17, 15) is 9.59 Å². The second kappa shape index (κ2) is 10.6. The molecule has 1 aromatic carbocycles. The molecule has 0 aromatic heterocycles. The molecule has 1 aromatic rings. The molecule has 1 N–H and O–H groups in total. The topological polar surface area (TPSA) is 55.4 Å². The van der Waals surface area contributed by atoms with Crippen LogP contribution in [0.1, 0.15) is 60.0 Å². The molecule has 0 aliphatic rings. The van der Waals surface area contributed by atoms with Crippen LogP contribution in [0.2, 0.25) is 0 Å². The van der Waals surface area contributed by atoms with Gasteiger partial charge in [-0.15, -0.1) is 6.58 Å². The number of carbonyl (C=O) groups is 2. The number of ether oxygens (including phenoxy) is 1. The van der Waals surface area contributed by atoms with Crippen LogP contribution in [0.5, 0.6) is 0 Å². The summed E-state index contributed by atoms with van der Waals surface area (Å²) in [5.74, 6) is -0.623. The maximum atomic E-state index is 12.4. The molecule has 0 bridgehead atoms. The zero-order valence-electron chi connectivity index (χ0n) is 15.1. The van der Waals surface area contributed by atoms with E-state index in [1.54, 1.807) is 0 Å². The van der Waals surface area contributed by atoms with Gasteiger partial charge < -0.3 is 10.1 Å². The molecule has 132 valence electrons. The Morgan fingerprint density at radius 3 is 2.33 bits per heavy atom. The minimum absolute atomic E-state index is 0.233. The van der Waals surface area contributed by atoms with E-state index in [0.717, 1.165) is 43.2 Å². The third kappa shape index (κ3) is 6.99. The van der Waals surface area contributed by atoms with Crippen LogP contribution >= 0.6 is 0 Å². The van der Waals surface area contributed by atoms with Crippen LogP contribution in [0, 0.1) is 13.8 Å². The Kier molecular flexibility index (Phi) is 8.84. The van der Waals surface area contributed by atoms with E-state index in [1.165, 1.54) is 7.11 Å². The van der Waals surface area contributed by atoms with Gasteiger partial charge in [0, 0.05) is 5.56 Å². The van der Waals surface area contributed by atoms with Crippen LogP contribution < -0.4 is 5.32 Å². The molecule has 0 aliphatic heterocycles. The number of aryl methyl sites for hydroxylation is 2. The SMILES string of the molecule is C=CCCCCCC[C@@H](NC(=O)c1cc(C)cc(C)c1)C(=O)OC. The molecule has 0 saturated heterocycles. The van der Waals surface area contributed by atoms with Crippen LogP contribution in [0.3, 0.4) is 0 Å². The van der Waals surface area contributed by atoms with Crippen molar-refractivity contribution in [3.8, 4) is 0 Å². The number of hydrogen-bond acceptors (Lipinski definition) is 3. The molecule has 1 rings (SSSR count). The molecular formula is C20H29NO3. The fraction of sp³-hybridized carbons (Fsp3) is 0.500. The zero-order chi connectivity index (χ0) is 17.9. The Balaban J connectivity index is 2.60. The Bertz CT molecular complexity index is 546. The lowest BCUT2D eigenvalue weighted by molar-refractivity contribution is -0.143. The molecular weight excluding hydrogens is 302 g/mol. The molecule has 1 amide bonds. The summed E-state index contributed by atoms with van der Waals surface area (Å²) < 4.78 is 4.83. The Morgan fingerprint density at radius 2 is 1.75 bits per heavy atom. The van der Waals surface area contributed by atoms with Gasteiger partial charge in [-0.1, -0.05) is 42.5 Å². The first kappa shape index (κ1) is 19.9. The fourth-order valence-electron chi connectivity index (χ4n) is 2.73. The second-order valence-electron chi connectivity index (χ2n) is 6.21. The van der Waals surface area contributed by atoms with Crippen LogP contribution in [-0.4, -0.2) is 25.0 Å². The van der Waals surface area contributed by atoms with Crippen molar-refractivity contribution in [2.75, 3.05) is 7.11 Å². The quantitative estimate of drug-likeness (QED) is 0.399. The number of nitrogens with one attached hydrogen (secondary N) is 1. The summed E-state index contributed by atoms with van der Waals surface area (Å²) in [6, 6.07) is 5.07. The van der Waals surface area contributed by atoms with Gasteiger partial charge in [0.25, 0.3) is 5.91 Å². The molecule has 0 fully saturated rings. The van der Waals surface area contributed by atoms with Gasteiger partial charge in [0.05, 0.1) is 7.11 Å². The van der Waals surface area contributed by atoms with E-state index in [4.69, 9.17) is 4.74 Å². The zero-order valence-corrected chi connectivity index (χ0v) is 15.1. The van der Waals surface area contributed by atoms with E-state index < -0.39 is 6.04 Å². The van der Waals surface area contributed by atoms with Gasteiger partial charge in [-0.25, -0.2) is 4.79 Å². The molecule has 0 unspecified atom stereocenters. The van der Waals surface area contributed by atoms with Crippen molar-refractivity contribution in [3.05, 3.63) is 47.5 Å². The highest BCUT2D eigenvalue weighted by Crippen LogP contribution is 2.12. The minimum Gasteiger partial charge on any atom is -0.467 e. The summed E-state index contributed by atoms with van der Waals surface area (Å²) in [5.41, 5.74) is 2.63. The van der Waals surface area contributed by atoms with E-state index >= 15 is 0 Å². The van der Waals surface area contributed by atoms with E-state index in [2.05, 4.69) is 11.9 Å². The lowest BCUT2D eigenvalue weighted by Crippen LogP contribution is -2.41. The van der Waals surface area contributed by atoms with E-state index in [-0.39, 0.29) is 11.9 Å². The van der Waals surface area contributed by atoms with E-state index in [0.29, 0.717) is 12.0 Å². The van der Waals surface area contributed by atoms with Crippen molar-refractivity contribution in [2.24, 2.45) is 0 Å². The Morgan fingerprint density at radius 1 is 1.12 bits per heavy atom. The van der Waals surface area contributed by atoms with Gasteiger partial charge in [-0.2, -0.15) is 0 Å². The predicted octanol–water partition coefficient (Wildman–Crippen LogP) is 4.10. The summed E-state index contributed by atoms with van der Waals surface area (Å²) in [5, 5.41) is 2.81. The monoisotopic (exact) mass is 331 g/mol. The third-order valence-electron chi connectivity index (χ3n) is 3.93. The molecule has 0 heterocycles. The molecule has 0 aliphatic carbocycles. The first-order chi connectivity index (χ1) is 11.5. The van der Waals surface area contributed by atoms with Gasteiger partial charge in [0.2, 0.25) is 0 Å². The summed E-state index contributed by atoms with van der Waals surface area (Å²) in [6.45, 7) is 7.60. The highest BCUT2D eigenvalue weighted by atomic mass is 16.5. The third-order valence-corrected chi connectivity index (χ3v) is 3.93. The van der Waals surface area contributed by atoms with Crippen molar-refractivity contribution >= 4 is 11.9 Å². The van der Waals surface area contributed by atoms with Gasteiger partial charge in [-0.05, 0) is 45.2 Å². The highest BCUT2D eigenvalue weighted by Gasteiger charge is 2.21. The van der Waals surface area contributed by atoms with Crippen LogP contribution in [0.4, 0.5) is 0 Å². The van der Waals surface area contributed by atoms with Crippen molar-refractivity contribution < 1.29 is 14.3 Å². The molecule has 1 atom stereocenters. The first-order valence-corrected chi connectivity index (χ1v) is 8.55. The minimum atomic E-state index is -0.595. The fourth-order valence-corrected chi connectivity index (χ4v) is 2.73. The smallest absolute Gasteiger partial charge is 0.328 e. The van der Waals surface area contributed by atoms with Gasteiger partial charge in [-0.3, -0.25) is 4.79 Å². The predicted molar refractivity (Wildman–Crippen MR) is 97.1 cm³/mol. The number of methoxy groups -OCH3 is 1. The van der Waals surface area contributed by atoms with Gasteiger partial charge in [0.1, 0.15) is 6.04 Å². The summed E-state index contributed by atoms with van der Waals surface area (Å²) in [6.07, 6.45) is 7.65. The molecule has 0 saturated carbocycles. The standard InChI is InChI=1S/C20H29NO3/c1-5-6-7-8-9-10-11-18(20(23)24-4)21-19(22)17-13-15(2)12-16(3)14-17/h5,12-14,18H,1,6-11H2,2-4H3,(H,21,22)/t18-/m1/s1. The van der Waals surface area contributed by atoms with Crippen molar-refractivity contribution in [3.63, 3.8) is 0 Å². The van der Waals surface area contributed by atoms with Crippen LogP contribution in [0.25, 0.3) is 0 Å². The number of rotatable bonds is 10. The lowest BCUT2D eigenvalue weighted by atomic mass is 10.0. The maximum absolute atomic E-state index is 12.4. The number of carbonyl (C=O) groups excluding carboxylic acids is 2. The van der Waals surface area contributed by atoms with Crippen LogP contribution in [0.15, 0.2) is 30.9 Å². The normalized spacial score (nSPS) is 11.6.